The number of ether oxygens (including phenoxy) is 1. The van der Waals surface area contributed by atoms with Crippen LogP contribution in [0.3, 0.4) is 0 Å². The maximum absolute atomic E-state index is 12.8. The first-order chi connectivity index (χ1) is 11.2. The number of nitrogens with zero attached hydrogens (tertiary/aromatic N) is 1. The van der Waals surface area contributed by atoms with Crippen molar-refractivity contribution in [1.82, 2.24) is 4.90 Å². The molecule has 0 radical (unpaired) electrons. The lowest BCUT2D eigenvalue weighted by atomic mass is 10.1. The van der Waals surface area contributed by atoms with Crippen molar-refractivity contribution in [3.63, 3.8) is 0 Å². The minimum atomic E-state index is -0.337. The first-order valence-electron chi connectivity index (χ1n) is 7.59. The highest BCUT2D eigenvalue weighted by Gasteiger charge is 2.13. The van der Waals surface area contributed by atoms with Crippen LogP contribution in [-0.4, -0.2) is 37.0 Å². The quantitative estimate of drug-likeness (QED) is 0.794. The van der Waals surface area contributed by atoms with Crippen molar-refractivity contribution in [3.8, 4) is 5.75 Å². The summed E-state index contributed by atoms with van der Waals surface area (Å²) in [6.45, 7) is 1.39. The van der Waals surface area contributed by atoms with Gasteiger partial charge in [0, 0.05) is 19.6 Å². The Hall–Kier alpha value is -2.11. The molecule has 4 nitrogen and oxygen atoms in total. The van der Waals surface area contributed by atoms with Crippen LogP contribution in [0.5, 0.6) is 5.75 Å². The second kappa shape index (κ2) is 10.6. The van der Waals surface area contributed by atoms with Crippen molar-refractivity contribution < 1.29 is 13.9 Å². The van der Waals surface area contributed by atoms with Gasteiger partial charge in [-0.25, -0.2) is 4.39 Å². The van der Waals surface area contributed by atoms with Crippen LogP contribution >= 0.6 is 12.4 Å². The molecule has 0 atom stereocenters. The zero-order valence-electron chi connectivity index (χ0n) is 13.4. The van der Waals surface area contributed by atoms with Gasteiger partial charge in [0.25, 0.3) is 5.91 Å². The van der Waals surface area contributed by atoms with Crippen LogP contribution in [0.15, 0.2) is 54.6 Å². The van der Waals surface area contributed by atoms with Gasteiger partial charge in [-0.2, -0.15) is 0 Å². The van der Waals surface area contributed by atoms with E-state index in [2.05, 4.69) is 0 Å². The fraction of sp³-hybridized carbons (Fsp3) is 0.278. The summed E-state index contributed by atoms with van der Waals surface area (Å²) in [7, 11) is 0. The van der Waals surface area contributed by atoms with Crippen molar-refractivity contribution in [1.29, 1.82) is 0 Å². The molecule has 0 unspecified atom stereocenters. The second-order valence-electron chi connectivity index (χ2n) is 5.15. The number of nitrogens with two attached hydrogens (primary N) is 1. The Morgan fingerprint density at radius 2 is 1.71 bits per heavy atom. The maximum Gasteiger partial charge on any atom is 0.260 e. The van der Waals surface area contributed by atoms with Crippen molar-refractivity contribution in [2.75, 3.05) is 26.2 Å². The monoisotopic (exact) mass is 352 g/mol. The standard InChI is InChI=1S/C18H21FN2O2.ClH/c19-16-6-8-17(9-7-16)23-14-18(22)21(13-11-20)12-10-15-4-2-1-3-5-15;/h1-9H,10-14,20H2;1H. The van der Waals surface area contributed by atoms with E-state index in [1.165, 1.54) is 29.8 Å². The zero-order chi connectivity index (χ0) is 16.5. The summed E-state index contributed by atoms with van der Waals surface area (Å²) < 4.78 is 18.2. The third-order valence-corrected chi connectivity index (χ3v) is 3.44. The SMILES string of the molecule is Cl.NCCN(CCc1ccccc1)C(=O)COc1ccc(F)cc1. The fourth-order valence-corrected chi connectivity index (χ4v) is 2.19. The van der Waals surface area contributed by atoms with E-state index < -0.39 is 0 Å². The van der Waals surface area contributed by atoms with E-state index in [1.54, 1.807) is 4.90 Å². The van der Waals surface area contributed by atoms with Gasteiger partial charge in [-0.1, -0.05) is 30.3 Å². The summed E-state index contributed by atoms with van der Waals surface area (Å²) in [5, 5.41) is 0. The van der Waals surface area contributed by atoms with Gasteiger partial charge >= 0.3 is 0 Å². The Labute approximate surface area is 147 Å². The number of carbonyl (C=O) groups is 1. The smallest absolute Gasteiger partial charge is 0.260 e. The number of hydrogen-bond donors (Lipinski definition) is 1. The second-order valence-corrected chi connectivity index (χ2v) is 5.15. The molecule has 2 N–H and O–H groups in total. The minimum absolute atomic E-state index is 0. The minimum Gasteiger partial charge on any atom is -0.484 e. The van der Waals surface area contributed by atoms with Gasteiger partial charge in [0.15, 0.2) is 6.61 Å². The van der Waals surface area contributed by atoms with Gasteiger partial charge < -0.3 is 15.4 Å². The van der Waals surface area contributed by atoms with E-state index in [-0.39, 0.29) is 30.7 Å². The first-order valence-corrected chi connectivity index (χ1v) is 7.59. The molecule has 2 aromatic carbocycles. The van der Waals surface area contributed by atoms with Gasteiger partial charge in [-0.3, -0.25) is 4.79 Å². The Balaban J connectivity index is 0.00000288. The average molecular weight is 353 g/mol. The van der Waals surface area contributed by atoms with E-state index in [0.29, 0.717) is 25.4 Å². The normalized spacial score (nSPS) is 9.92. The molecule has 0 bridgehead atoms. The highest BCUT2D eigenvalue weighted by atomic mass is 35.5. The Kier molecular flexibility index (Phi) is 8.83. The molecule has 0 aromatic heterocycles. The van der Waals surface area contributed by atoms with Crippen LogP contribution in [-0.2, 0) is 11.2 Å². The van der Waals surface area contributed by atoms with E-state index in [9.17, 15) is 9.18 Å². The molecule has 2 rings (SSSR count). The summed E-state index contributed by atoms with van der Waals surface area (Å²) >= 11 is 0. The molecule has 0 fully saturated rings. The van der Waals surface area contributed by atoms with Gasteiger partial charge in [-0.05, 0) is 36.2 Å². The van der Waals surface area contributed by atoms with Crippen molar-refractivity contribution in [2.45, 2.75) is 6.42 Å². The molecule has 0 heterocycles. The van der Waals surface area contributed by atoms with Gasteiger partial charge in [0.2, 0.25) is 0 Å². The predicted octanol–water partition coefficient (Wildman–Crippen LogP) is 2.66. The number of carbonyl (C=O) groups excluding carboxylic acids is 1. The lowest BCUT2D eigenvalue weighted by molar-refractivity contribution is -0.133. The van der Waals surface area contributed by atoms with E-state index >= 15 is 0 Å². The van der Waals surface area contributed by atoms with Gasteiger partial charge in [-0.15, -0.1) is 12.4 Å². The summed E-state index contributed by atoms with van der Waals surface area (Å²) in [4.78, 5) is 14.0. The molecular weight excluding hydrogens is 331 g/mol. The lowest BCUT2D eigenvalue weighted by Crippen LogP contribution is -2.39. The number of halogens is 2. The molecule has 0 saturated carbocycles. The highest BCUT2D eigenvalue weighted by Crippen LogP contribution is 2.11. The summed E-state index contributed by atoms with van der Waals surface area (Å²) in [5.41, 5.74) is 6.75. The van der Waals surface area contributed by atoms with Crippen molar-refractivity contribution >= 4 is 18.3 Å². The number of amides is 1. The van der Waals surface area contributed by atoms with Crippen LogP contribution in [0.2, 0.25) is 0 Å². The van der Waals surface area contributed by atoms with E-state index in [0.717, 1.165) is 6.42 Å². The summed E-state index contributed by atoms with van der Waals surface area (Å²) in [6, 6.07) is 15.6. The molecule has 0 saturated heterocycles. The number of benzene rings is 2. The molecule has 130 valence electrons. The molecular formula is C18H22ClFN2O2. The average Bonchev–Trinajstić information content (AvgIpc) is 2.58. The molecule has 6 heteroatoms. The highest BCUT2D eigenvalue weighted by molar-refractivity contribution is 5.85. The largest absolute Gasteiger partial charge is 0.484 e. The van der Waals surface area contributed by atoms with E-state index in [1.807, 2.05) is 30.3 Å². The number of rotatable bonds is 8. The van der Waals surface area contributed by atoms with Crippen molar-refractivity contribution in [3.05, 3.63) is 66.0 Å². The van der Waals surface area contributed by atoms with E-state index in [4.69, 9.17) is 10.5 Å². The molecule has 2 aromatic rings. The Morgan fingerprint density at radius 3 is 2.33 bits per heavy atom. The number of hydrogen-bond acceptors (Lipinski definition) is 3. The topological polar surface area (TPSA) is 55.6 Å². The third-order valence-electron chi connectivity index (χ3n) is 3.44. The molecule has 0 spiro atoms. The summed E-state index contributed by atoms with van der Waals surface area (Å²) in [5.74, 6) is 0.00232. The van der Waals surface area contributed by atoms with Crippen LogP contribution < -0.4 is 10.5 Å². The maximum atomic E-state index is 12.8. The van der Waals surface area contributed by atoms with Crippen LogP contribution in [0.25, 0.3) is 0 Å². The molecule has 24 heavy (non-hydrogen) atoms. The Bertz CT molecular complexity index is 608. The zero-order valence-corrected chi connectivity index (χ0v) is 14.2. The van der Waals surface area contributed by atoms with Crippen molar-refractivity contribution in [2.24, 2.45) is 5.73 Å². The first kappa shape index (κ1) is 19.9. The molecule has 0 aliphatic carbocycles. The fourth-order valence-electron chi connectivity index (χ4n) is 2.19. The molecule has 1 amide bonds. The third kappa shape index (κ3) is 6.56. The summed E-state index contributed by atoms with van der Waals surface area (Å²) in [6.07, 6.45) is 0.767. The Morgan fingerprint density at radius 1 is 1.04 bits per heavy atom. The van der Waals surface area contributed by atoms with Crippen LogP contribution in [0.1, 0.15) is 5.56 Å². The molecule has 0 aliphatic rings. The van der Waals surface area contributed by atoms with Crippen LogP contribution in [0, 0.1) is 5.82 Å². The lowest BCUT2D eigenvalue weighted by Gasteiger charge is -2.22. The van der Waals surface area contributed by atoms with Gasteiger partial charge in [0.05, 0.1) is 0 Å². The molecule has 0 aliphatic heterocycles. The van der Waals surface area contributed by atoms with Gasteiger partial charge in [0.1, 0.15) is 11.6 Å². The van der Waals surface area contributed by atoms with Crippen LogP contribution in [0.4, 0.5) is 4.39 Å². The predicted molar refractivity (Wildman–Crippen MR) is 94.9 cm³/mol.